The lowest BCUT2D eigenvalue weighted by molar-refractivity contribution is -0.914. The third kappa shape index (κ3) is 8.37. The number of hydrogen-bond donors (Lipinski definition) is 4. The molecule has 0 aliphatic rings. The quantitative estimate of drug-likeness (QED) is 0.241. The van der Waals surface area contributed by atoms with Gasteiger partial charge in [0.1, 0.15) is 6.54 Å². The molecule has 0 aromatic carbocycles. The van der Waals surface area contributed by atoms with E-state index in [1.54, 1.807) is 7.05 Å². The molecule has 0 radical (unpaired) electrons. The van der Waals surface area contributed by atoms with E-state index in [9.17, 15) is 9.59 Å². The molecule has 0 spiro atoms. The summed E-state index contributed by atoms with van der Waals surface area (Å²) < 4.78 is 0. The van der Waals surface area contributed by atoms with Gasteiger partial charge in [0, 0.05) is 0 Å². The average Bonchev–Trinajstić information content (AvgIpc) is 2.26. The average molecular weight is 331 g/mol. The number of rotatable bonds is 8. The van der Waals surface area contributed by atoms with Gasteiger partial charge < -0.3 is 10.6 Å². The van der Waals surface area contributed by atoms with Crippen LogP contribution in [0.3, 0.4) is 0 Å². The maximum Gasteiger partial charge on any atom is 0.298 e. The maximum absolute atomic E-state index is 11.6. The normalized spacial score (nSPS) is 13.9. The lowest BCUT2D eigenvalue weighted by atomic mass is 10.5. The van der Waals surface area contributed by atoms with Crippen LogP contribution in [-0.2, 0) is 9.59 Å². The molecule has 2 amide bonds. The zero-order valence-electron chi connectivity index (χ0n) is 9.98. The van der Waals surface area contributed by atoms with Gasteiger partial charge in [-0.25, -0.2) is 10.4 Å². The number of hydrogen-bond acceptors (Lipinski definition) is 3. The van der Waals surface area contributed by atoms with Gasteiger partial charge in [0.2, 0.25) is 5.91 Å². The van der Waals surface area contributed by atoms with Crippen LogP contribution in [0.4, 0.5) is 0 Å². The van der Waals surface area contributed by atoms with E-state index in [1.807, 2.05) is 6.92 Å². The van der Waals surface area contributed by atoms with Crippen molar-refractivity contribution in [2.24, 2.45) is 0 Å². The second kappa shape index (κ2) is 9.64. The summed E-state index contributed by atoms with van der Waals surface area (Å²) in [6, 6.07) is 0. The topological polar surface area (TPSA) is 74.7 Å². The number of likely N-dealkylation sites (N-methyl/N-ethyl adjacent to an activating group) is 1. The summed E-state index contributed by atoms with van der Waals surface area (Å²) in [6.07, 6.45) is 0. The van der Waals surface area contributed by atoms with Gasteiger partial charge in [0.05, 0.1) is 19.5 Å². The van der Waals surface area contributed by atoms with Crippen LogP contribution in [0, 0.1) is 0 Å². The van der Waals surface area contributed by atoms with Gasteiger partial charge in [-0.05, 0) is 6.54 Å². The summed E-state index contributed by atoms with van der Waals surface area (Å²) in [7, 11) is 1.78. The molecule has 2 unspecified atom stereocenters. The molecule has 2 atom stereocenters. The van der Waals surface area contributed by atoms with Gasteiger partial charge in [0.15, 0.2) is 4.95 Å². The molecule has 0 bridgehead atoms. The van der Waals surface area contributed by atoms with Crippen LogP contribution in [0.25, 0.3) is 0 Å². The molecular formula is C9H19BrClN4O2+. The standard InChI is InChI=1S/C9H18BrClN4O2/c1-3-12-6-7(16)13-8(10)9(17)14-15(2)5-4-11/h8,12H,3-6H2,1-2H3,(H,13,16)(H,14,17)/p+1. The van der Waals surface area contributed by atoms with Crippen LogP contribution in [0.2, 0.25) is 0 Å². The molecule has 0 fully saturated rings. The van der Waals surface area contributed by atoms with E-state index >= 15 is 0 Å². The number of carbonyl (C=O) groups excluding carboxylic acids is 2. The zero-order chi connectivity index (χ0) is 13.3. The van der Waals surface area contributed by atoms with Crippen LogP contribution in [0.15, 0.2) is 0 Å². The summed E-state index contributed by atoms with van der Waals surface area (Å²) in [5.74, 6) is -0.0948. The van der Waals surface area contributed by atoms with Crippen LogP contribution >= 0.6 is 27.5 Å². The molecule has 17 heavy (non-hydrogen) atoms. The molecular weight excluding hydrogens is 311 g/mol. The number of carbonyl (C=O) groups is 2. The van der Waals surface area contributed by atoms with Gasteiger partial charge in [-0.2, -0.15) is 0 Å². The zero-order valence-corrected chi connectivity index (χ0v) is 12.3. The van der Waals surface area contributed by atoms with Gasteiger partial charge in [0.25, 0.3) is 5.91 Å². The Kier molecular flexibility index (Phi) is 9.43. The molecule has 0 saturated heterocycles. The monoisotopic (exact) mass is 329 g/mol. The van der Waals surface area contributed by atoms with E-state index < -0.39 is 4.95 Å². The van der Waals surface area contributed by atoms with E-state index in [1.165, 1.54) is 0 Å². The summed E-state index contributed by atoms with van der Waals surface area (Å²) in [5.41, 5.74) is 2.65. The second-order valence-electron chi connectivity index (χ2n) is 3.42. The molecule has 0 heterocycles. The van der Waals surface area contributed by atoms with Crippen molar-refractivity contribution < 1.29 is 14.6 Å². The van der Waals surface area contributed by atoms with Crippen molar-refractivity contribution in [1.29, 1.82) is 0 Å². The highest BCUT2D eigenvalue weighted by molar-refractivity contribution is 9.10. The van der Waals surface area contributed by atoms with Crippen molar-refractivity contribution in [3.05, 3.63) is 0 Å². The maximum atomic E-state index is 11.6. The largest absolute Gasteiger partial charge is 0.334 e. The highest BCUT2D eigenvalue weighted by Crippen LogP contribution is 1.92. The fraction of sp³-hybridized carbons (Fsp3) is 0.778. The minimum Gasteiger partial charge on any atom is -0.334 e. The van der Waals surface area contributed by atoms with Crippen LogP contribution in [-0.4, -0.2) is 49.3 Å². The van der Waals surface area contributed by atoms with Crippen LogP contribution in [0.5, 0.6) is 0 Å². The fourth-order valence-corrected chi connectivity index (χ4v) is 1.63. The molecule has 0 aromatic rings. The molecule has 6 nitrogen and oxygen atoms in total. The van der Waals surface area contributed by atoms with Gasteiger partial charge in [-0.1, -0.05) is 22.9 Å². The van der Waals surface area contributed by atoms with E-state index in [0.29, 0.717) is 19.0 Å². The van der Waals surface area contributed by atoms with E-state index in [2.05, 4.69) is 32.0 Å². The Balaban J connectivity index is 3.92. The number of quaternary nitrogens is 1. The van der Waals surface area contributed by atoms with Crippen molar-refractivity contribution in [3.63, 3.8) is 0 Å². The summed E-state index contributed by atoms with van der Waals surface area (Å²) in [5, 5.41) is 6.16. The lowest BCUT2D eigenvalue weighted by Crippen LogP contribution is -3.17. The van der Waals surface area contributed by atoms with Crippen molar-refractivity contribution >= 4 is 39.3 Å². The Labute approximate surface area is 115 Å². The van der Waals surface area contributed by atoms with Crippen LogP contribution in [0.1, 0.15) is 6.92 Å². The highest BCUT2D eigenvalue weighted by Gasteiger charge is 2.19. The second-order valence-corrected chi connectivity index (χ2v) is 4.71. The number of nitrogens with one attached hydrogen (secondary N) is 4. The van der Waals surface area contributed by atoms with E-state index in [4.69, 9.17) is 11.6 Å². The Morgan fingerprint density at radius 2 is 2.12 bits per heavy atom. The smallest absolute Gasteiger partial charge is 0.298 e. The van der Waals surface area contributed by atoms with E-state index in [-0.39, 0.29) is 18.4 Å². The number of halogens is 2. The van der Waals surface area contributed by atoms with Crippen LogP contribution < -0.4 is 21.1 Å². The van der Waals surface area contributed by atoms with Crippen molar-refractivity contribution in [3.8, 4) is 0 Å². The summed E-state index contributed by atoms with van der Waals surface area (Å²) >= 11 is 8.64. The third-order valence-electron chi connectivity index (χ3n) is 1.86. The molecule has 0 rings (SSSR count). The van der Waals surface area contributed by atoms with E-state index in [0.717, 1.165) is 5.01 Å². The summed E-state index contributed by atoms with van der Waals surface area (Å²) in [6.45, 7) is 3.40. The Morgan fingerprint density at radius 1 is 1.47 bits per heavy atom. The van der Waals surface area contributed by atoms with Gasteiger partial charge >= 0.3 is 0 Å². The molecule has 0 saturated carbocycles. The molecule has 0 aromatic heterocycles. The predicted octanol–water partition coefficient (Wildman–Crippen LogP) is -1.78. The van der Waals surface area contributed by atoms with Gasteiger partial charge in [-0.3, -0.25) is 9.59 Å². The SMILES string of the molecule is CCNCC(=O)NC(Br)C(=O)N[NH+](C)CCCl. The Hall–Kier alpha value is -0.370. The van der Waals surface area contributed by atoms with Crippen molar-refractivity contribution in [1.82, 2.24) is 16.1 Å². The molecule has 0 aliphatic carbocycles. The minimum absolute atomic E-state index is 0.191. The number of alkyl halides is 2. The molecule has 8 heteroatoms. The molecule has 100 valence electrons. The van der Waals surface area contributed by atoms with Crippen molar-refractivity contribution in [2.45, 2.75) is 11.9 Å². The lowest BCUT2D eigenvalue weighted by Gasteiger charge is -2.16. The first-order chi connectivity index (χ1) is 8.01. The first kappa shape index (κ1) is 16.6. The molecule has 0 aliphatic heterocycles. The molecule has 4 N–H and O–H groups in total. The fourth-order valence-electron chi connectivity index (χ4n) is 0.974. The third-order valence-corrected chi connectivity index (χ3v) is 2.69. The number of amides is 2. The first-order valence-electron chi connectivity index (χ1n) is 5.34. The first-order valence-corrected chi connectivity index (χ1v) is 6.79. The Bertz CT molecular complexity index is 255. The van der Waals surface area contributed by atoms with Gasteiger partial charge in [-0.15, -0.1) is 11.6 Å². The predicted molar refractivity (Wildman–Crippen MR) is 70.0 cm³/mol. The Morgan fingerprint density at radius 3 is 2.65 bits per heavy atom. The minimum atomic E-state index is -0.737. The highest BCUT2D eigenvalue weighted by atomic mass is 79.9. The van der Waals surface area contributed by atoms with Crippen molar-refractivity contribution in [2.75, 3.05) is 32.6 Å². The summed E-state index contributed by atoms with van der Waals surface area (Å²) in [4.78, 5) is 22.2.